The third-order valence-corrected chi connectivity index (χ3v) is 7.25. The average Bonchev–Trinajstić information content (AvgIpc) is 2.96. The van der Waals surface area contributed by atoms with E-state index in [0.29, 0.717) is 5.56 Å². The zero-order valence-electron chi connectivity index (χ0n) is 19.6. The molecule has 7 rings (SSSR count). The first-order chi connectivity index (χ1) is 17.8. The van der Waals surface area contributed by atoms with Gasteiger partial charge in [0.05, 0.1) is 0 Å². The van der Waals surface area contributed by atoms with Gasteiger partial charge in [0.15, 0.2) is 0 Å². The fourth-order valence-electron chi connectivity index (χ4n) is 5.62. The molecule has 7 aromatic carbocycles. The summed E-state index contributed by atoms with van der Waals surface area (Å²) in [5.41, 5.74) is 5.05. The van der Waals surface area contributed by atoms with Crippen LogP contribution in [0, 0.1) is 0 Å². The Morgan fingerprint density at radius 1 is 0.389 bits per heavy atom. The maximum absolute atomic E-state index is 12.1. The van der Waals surface area contributed by atoms with Gasteiger partial charge in [-0.3, -0.25) is 4.79 Å². The van der Waals surface area contributed by atoms with Crippen LogP contribution in [0.25, 0.3) is 65.3 Å². The van der Waals surface area contributed by atoms with Crippen molar-refractivity contribution in [2.75, 3.05) is 0 Å². The minimum Gasteiger partial charge on any atom is -0.298 e. The third-order valence-electron chi connectivity index (χ3n) is 7.25. The van der Waals surface area contributed by atoms with E-state index in [-0.39, 0.29) is 0 Å². The van der Waals surface area contributed by atoms with Crippen LogP contribution in [0.4, 0.5) is 0 Å². The van der Waals surface area contributed by atoms with Crippen molar-refractivity contribution in [2.45, 2.75) is 0 Å². The molecule has 0 saturated heterocycles. The van der Waals surface area contributed by atoms with Gasteiger partial charge in [0, 0.05) is 5.56 Å². The van der Waals surface area contributed by atoms with E-state index in [9.17, 15) is 4.79 Å². The monoisotopic (exact) mass is 458 g/mol. The highest BCUT2D eigenvalue weighted by Crippen LogP contribution is 2.39. The summed E-state index contributed by atoms with van der Waals surface area (Å²) in [6.07, 6.45) is 0.958. The normalized spacial score (nSPS) is 11.4. The van der Waals surface area contributed by atoms with Gasteiger partial charge in [-0.05, 0) is 95.7 Å². The highest BCUT2D eigenvalue weighted by molar-refractivity contribution is 6.16. The second-order valence-corrected chi connectivity index (χ2v) is 9.34. The number of carbonyl (C=O) groups is 1. The molecule has 7 aromatic rings. The summed E-state index contributed by atoms with van der Waals surface area (Å²) in [5.74, 6) is 0. The summed E-state index contributed by atoms with van der Waals surface area (Å²) in [4.78, 5) is 12.1. The maximum atomic E-state index is 12.1. The first-order valence-corrected chi connectivity index (χ1v) is 12.2. The zero-order chi connectivity index (χ0) is 24.1. The van der Waals surface area contributed by atoms with Gasteiger partial charge in [0.1, 0.15) is 6.29 Å². The van der Waals surface area contributed by atoms with Gasteiger partial charge < -0.3 is 0 Å². The number of carbonyl (C=O) groups excluding carboxylic acids is 1. The lowest BCUT2D eigenvalue weighted by molar-refractivity contribution is 0.112. The molecular formula is C35H22O. The molecule has 0 fully saturated rings. The van der Waals surface area contributed by atoms with Gasteiger partial charge in [0.25, 0.3) is 0 Å². The zero-order valence-corrected chi connectivity index (χ0v) is 19.6. The van der Waals surface area contributed by atoms with Crippen LogP contribution in [0.1, 0.15) is 10.4 Å². The molecular weight excluding hydrogens is 436 g/mol. The van der Waals surface area contributed by atoms with Crippen LogP contribution in [0.2, 0.25) is 0 Å². The fraction of sp³-hybridized carbons (Fsp3) is 0. The Labute approximate surface area is 209 Å². The third kappa shape index (κ3) is 3.21. The summed E-state index contributed by atoms with van der Waals surface area (Å²) < 4.78 is 0. The van der Waals surface area contributed by atoms with E-state index in [1.807, 2.05) is 12.1 Å². The molecule has 168 valence electrons. The van der Waals surface area contributed by atoms with Crippen molar-refractivity contribution in [1.82, 2.24) is 0 Å². The molecule has 0 bridgehead atoms. The second kappa shape index (κ2) is 8.18. The molecule has 36 heavy (non-hydrogen) atoms. The number of fused-ring (bicyclic) bond motifs is 6. The van der Waals surface area contributed by atoms with Gasteiger partial charge in [-0.25, -0.2) is 0 Å². The summed E-state index contributed by atoms with van der Waals surface area (Å²) in [6.45, 7) is 0. The van der Waals surface area contributed by atoms with E-state index in [0.717, 1.165) is 28.5 Å². The van der Waals surface area contributed by atoms with Gasteiger partial charge in [-0.2, -0.15) is 0 Å². The van der Waals surface area contributed by atoms with E-state index in [1.165, 1.54) is 43.1 Å². The highest BCUT2D eigenvalue weighted by Gasteiger charge is 2.13. The summed E-state index contributed by atoms with van der Waals surface area (Å²) in [7, 11) is 0. The highest BCUT2D eigenvalue weighted by atomic mass is 16.1. The first kappa shape index (κ1) is 20.6. The number of hydrogen-bond donors (Lipinski definition) is 0. The Balaban J connectivity index is 1.55. The van der Waals surface area contributed by atoms with Crippen LogP contribution < -0.4 is 0 Å². The van der Waals surface area contributed by atoms with E-state index in [1.54, 1.807) is 0 Å². The van der Waals surface area contributed by atoms with Gasteiger partial charge in [0.2, 0.25) is 0 Å². The lowest BCUT2D eigenvalue weighted by Crippen LogP contribution is -1.91. The Kier molecular flexibility index (Phi) is 4.68. The average molecular weight is 459 g/mol. The lowest BCUT2D eigenvalue weighted by atomic mass is 9.88. The number of benzene rings is 7. The molecule has 0 amide bonds. The van der Waals surface area contributed by atoms with Crippen LogP contribution >= 0.6 is 0 Å². The van der Waals surface area contributed by atoms with Crippen molar-refractivity contribution in [3.8, 4) is 22.3 Å². The Bertz CT molecular complexity index is 1820. The smallest absolute Gasteiger partial charge is 0.150 e. The van der Waals surface area contributed by atoms with Gasteiger partial charge in [-0.1, -0.05) is 97.1 Å². The van der Waals surface area contributed by atoms with E-state index >= 15 is 0 Å². The molecule has 0 radical (unpaired) electrons. The Hall–Kier alpha value is -4.75. The molecule has 0 aliphatic heterocycles. The molecule has 0 spiro atoms. The Morgan fingerprint density at radius 2 is 0.778 bits per heavy atom. The number of rotatable bonds is 3. The molecule has 0 heterocycles. The van der Waals surface area contributed by atoms with Crippen molar-refractivity contribution >= 4 is 49.4 Å². The van der Waals surface area contributed by atoms with Crippen LogP contribution in [0.5, 0.6) is 0 Å². The molecule has 0 aliphatic rings. The molecule has 0 aromatic heterocycles. The van der Waals surface area contributed by atoms with Crippen molar-refractivity contribution in [1.29, 1.82) is 0 Å². The van der Waals surface area contributed by atoms with Crippen molar-refractivity contribution in [2.24, 2.45) is 0 Å². The van der Waals surface area contributed by atoms with Crippen LogP contribution in [-0.4, -0.2) is 6.29 Å². The first-order valence-electron chi connectivity index (χ1n) is 12.2. The van der Waals surface area contributed by atoms with Gasteiger partial charge in [-0.15, -0.1) is 0 Å². The molecule has 0 atom stereocenters. The summed E-state index contributed by atoms with van der Waals surface area (Å²) in [6, 6.07) is 44.8. The molecule has 0 saturated carbocycles. The number of aldehydes is 1. The molecule has 1 nitrogen and oxygen atoms in total. The molecule has 0 unspecified atom stereocenters. The SMILES string of the molecule is O=Cc1cc(-c2cc3ccccc3c3ccccc23)cc(-c2cc3ccccc3c3ccccc23)c1. The minimum atomic E-state index is 0.678. The Morgan fingerprint density at radius 3 is 1.22 bits per heavy atom. The van der Waals surface area contributed by atoms with Crippen LogP contribution in [0.15, 0.2) is 127 Å². The molecule has 0 N–H and O–H groups in total. The van der Waals surface area contributed by atoms with Crippen LogP contribution in [-0.2, 0) is 0 Å². The largest absolute Gasteiger partial charge is 0.298 e. The van der Waals surface area contributed by atoms with Crippen molar-refractivity contribution in [3.63, 3.8) is 0 Å². The quantitative estimate of drug-likeness (QED) is 0.190. The summed E-state index contributed by atoms with van der Waals surface area (Å²) >= 11 is 0. The maximum Gasteiger partial charge on any atom is 0.150 e. The van der Waals surface area contributed by atoms with E-state index < -0.39 is 0 Å². The molecule has 0 aliphatic carbocycles. The van der Waals surface area contributed by atoms with E-state index in [4.69, 9.17) is 0 Å². The van der Waals surface area contributed by atoms with Crippen LogP contribution in [0.3, 0.4) is 0 Å². The van der Waals surface area contributed by atoms with Gasteiger partial charge >= 0.3 is 0 Å². The predicted molar refractivity (Wildman–Crippen MR) is 153 cm³/mol. The van der Waals surface area contributed by atoms with E-state index in [2.05, 4.69) is 115 Å². The number of hydrogen-bond acceptors (Lipinski definition) is 1. The van der Waals surface area contributed by atoms with Crippen molar-refractivity contribution in [3.05, 3.63) is 133 Å². The second-order valence-electron chi connectivity index (χ2n) is 9.34. The minimum absolute atomic E-state index is 0.678. The topological polar surface area (TPSA) is 17.1 Å². The fourth-order valence-corrected chi connectivity index (χ4v) is 5.62. The summed E-state index contributed by atoms with van der Waals surface area (Å²) in [5, 5.41) is 9.69. The predicted octanol–water partition coefficient (Wildman–Crippen LogP) is 9.45. The molecule has 1 heteroatoms. The van der Waals surface area contributed by atoms with Crippen molar-refractivity contribution < 1.29 is 4.79 Å². The standard InChI is InChI=1S/C35H22O/c36-22-23-17-26(34-20-24-9-1-3-11-28(24)30-13-5-7-15-32(30)34)19-27(18-23)35-21-25-10-2-4-12-29(25)31-14-6-8-16-33(31)35/h1-22H. The lowest BCUT2D eigenvalue weighted by Gasteiger charge is -2.15.